The van der Waals surface area contributed by atoms with Crippen LogP contribution in [0, 0.1) is 11.8 Å². The van der Waals surface area contributed by atoms with Gasteiger partial charge in [0.25, 0.3) is 0 Å². The van der Waals surface area contributed by atoms with Crippen LogP contribution in [0.5, 0.6) is 0 Å². The van der Waals surface area contributed by atoms with Crippen molar-refractivity contribution in [1.29, 1.82) is 0 Å². The highest BCUT2D eigenvalue weighted by atomic mass is 15.1. The molecule has 0 aromatic rings. The molecule has 1 aliphatic carbocycles. The Balaban J connectivity index is 1.76. The highest BCUT2D eigenvalue weighted by Gasteiger charge is 2.23. The molecule has 2 atom stereocenters. The Hall–Kier alpha value is -0.0400. The molecular weight excluding hydrogens is 170 g/mol. The lowest BCUT2D eigenvalue weighted by atomic mass is 9.80. The summed E-state index contributed by atoms with van der Waals surface area (Å²) in [6.45, 7) is 6.63. The molecule has 0 radical (unpaired) electrons. The predicted octanol–water partition coefficient (Wildman–Crippen LogP) is 3.30. The fourth-order valence-electron chi connectivity index (χ4n) is 3.14. The Morgan fingerprint density at radius 3 is 2.36 bits per heavy atom. The average Bonchev–Trinajstić information content (AvgIpc) is 2.23. The van der Waals surface area contributed by atoms with Gasteiger partial charge in [0, 0.05) is 6.54 Å². The third-order valence-electron chi connectivity index (χ3n) is 4.23. The summed E-state index contributed by atoms with van der Waals surface area (Å²) in [4.78, 5) is 2.72. The molecule has 0 aromatic heterocycles. The van der Waals surface area contributed by atoms with Crippen LogP contribution in [0.25, 0.3) is 0 Å². The zero-order valence-electron chi connectivity index (χ0n) is 9.67. The summed E-state index contributed by atoms with van der Waals surface area (Å²) < 4.78 is 0. The molecule has 2 fully saturated rings. The lowest BCUT2D eigenvalue weighted by Crippen LogP contribution is -2.37. The maximum absolute atomic E-state index is 2.72. The van der Waals surface area contributed by atoms with Gasteiger partial charge in [-0.15, -0.1) is 0 Å². The zero-order chi connectivity index (χ0) is 9.80. The minimum atomic E-state index is 0.991. The van der Waals surface area contributed by atoms with Gasteiger partial charge in [-0.25, -0.2) is 0 Å². The summed E-state index contributed by atoms with van der Waals surface area (Å²) in [7, 11) is 0. The molecular formula is C13H25N. The van der Waals surface area contributed by atoms with E-state index in [9.17, 15) is 0 Å². The molecule has 1 nitrogen and oxygen atoms in total. The van der Waals surface area contributed by atoms with Crippen molar-refractivity contribution in [2.24, 2.45) is 11.8 Å². The normalized spacial score (nSPS) is 35.8. The quantitative estimate of drug-likeness (QED) is 0.653. The summed E-state index contributed by atoms with van der Waals surface area (Å²) in [5, 5.41) is 0. The monoisotopic (exact) mass is 195 g/mol. The first-order valence-corrected chi connectivity index (χ1v) is 6.58. The number of hydrogen-bond acceptors (Lipinski definition) is 1. The van der Waals surface area contributed by atoms with E-state index in [1.807, 2.05) is 0 Å². The molecule has 0 aromatic carbocycles. The second-order valence-corrected chi connectivity index (χ2v) is 5.38. The van der Waals surface area contributed by atoms with Gasteiger partial charge >= 0.3 is 0 Å². The molecule has 0 bridgehead atoms. The predicted molar refractivity (Wildman–Crippen MR) is 61.4 cm³/mol. The van der Waals surface area contributed by atoms with Crippen LogP contribution < -0.4 is 0 Å². The zero-order valence-corrected chi connectivity index (χ0v) is 9.67. The number of piperidine rings is 1. The topological polar surface area (TPSA) is 3.24 Å². The lowest BCUT2D eigenvalue weighted by Gasteiger charge is -2.35. The van der Waals surface area contributed by atoms with Crippen molar-refractivity contribution in [3.05, 3.63) is 0 Å². The van der Waals surface area contributed by atoms with E-state index in [1.54, 1.807) is 0 Å². The Morgan fingerprint density at radius 2 is 1.64 bits per heavy atom. The van der Waals surface area contributed by atoms with Crippen molar-refractivity contribution in [2.45, 2.75) is 51.9 Å². The van der Waals surface area contributed by atoms with Crippen molar-refractivity contribution in [1.82, 2.24) is 4.90 Å². The first-order chi connectivity index (χ1) is 6.86. The largest absolute Gasteiger partial charge is 0.303 e. The second kappa shape index (κ2) is 5.16. The smallest absolute Gasteiger partial charge is 0.00122 e. The van der Waals surface area contributed by atoms with E-state index in [2.05, 4.69) is 11.8 Å². The van der Waals surface area contributed by atoms with Gasteiger partial charge in [-0.3, -0.25) is 0 Å². The number of rotatable bonds is 2. The molecule has 1 heteroatoms. The molecule has 2 unspecified atom stereocenters. The van der Waals surface area contributed by atoms with Gasteiger partial charge in [-0.05, 0) is 44.2 Å². The van der Waals surface area contributed by atoms with Crippen molar-refractivity contribution < 1.29 is 0 Å². The van der Waals surface area contributed by atoms with Gasteiger partial charge in [0.05, 0.1) is 0 Å². The summed E-state index contributed by atoms with van der Waals surface area (Å²) in [6, 6.07) is 0. The summed E-state index contributed by atoms with van der Waals surface area (Å²) in [5.41, 5.74) is 0. The molecule has 2 rings (SSSR count). The van der Waals surface area contributed by atoms with Crippen molar-refractivity contribution in [3.63, 3.8) is 0 Å². The van der Waals surface area contributed by atoms with Gasteiger partial charge in [-0.1, -0.05) is 32.6 Å². The van der Waals surface area contributed by atoms with Gasteiger partial charge in [-0.2, -0.15) is 0 Å². The third-order valence-corrected chi connectivity index (χ3v) is 4.23. The van der Waals surface area contributed by atoms with Crippen molar-refractivity contribution in [3.8, 4) is 0 Å². The first-order valence-electron chi connectivity index (χ1n) is 6.58. The molecule has 1 saturated carbocycles. The van der Waals surface area contributed by atoms with Crippen LogP contribution in [0.1, 0.15) is 51.9 Å². The molecule has 0 spiro atoms. The van der Waals surface area contributed by atoms with Crippen LogP contribution in [0.2, 0.25) is 0 Å². The summed E-state index contributed by atoms with van der Waals surface area (Å²) >= 11 is 0. The van der Waals surface area contributed by atoms with E-state index in [1.165, 1.54) is 64.6 Å². The number of nitrogens with zero attached hydrogens (tertiary/aromatic N) is 1. The lowest BCUT2D eigenvalue weighted by molar-refractivity contribution is 0.142. The fourth-order valence-corrected chi connectivity index (χ4v) is 3.14. The van der Waals surface area contributed by atoms with Crippen molar-refractivity contribution in [2.75, 3.05) is 19.6 Å². The molecule has 82 valence electrons. The third kappa shape index (κ3) is 2.73. The van der Waals surface area contributed by atoms with Gasteiger partial charge in [0.1, 0.15) is 0 Å². The molecule has 1 saturated heterocycles. The minimum Gasteiger partial charge on any atom is -0.303 e. The number of hydrogen-bond donors (Lipinski definition) is 0. The summed E-state index contributed by atoms with van der Waals surface area (Å²) in [6.07, 6.45) is 10.3. The van der Waals surface area contributed by atoms with Gasteiger partial charge in [0.2, 0.25) is 0 Å². The van der Waals surface area contributed by atoms with E-state index < -0.39 is 0 Å². The Morgan fingerprint density at radius 1 is 0.929 bits per heavy atom. The molecule has 0 amide bonds. The number of likely N-dealkylation sites (tertiary alicyclic amines) is 1. The molecule has 1 heterocycles. The Kier molecular flexibility index (Phi) is 3.86. The van der Waals surface area contributed by atoms with Crippen LogP contribution >= 0.6 is 0 Å². The van der Waals surface area contributed by atoms with E-state index in [4.69, 9.17) is 0 Å². The summed E-state index contributed by atoms with van der Waals surface area (Å²) in [5.74, 6) is 2.01. The fraction of sp³-hybridized carbons (Fsp3) is 1.00. The van der Waals surface area contributed by atoms with E-state index in [-0.39, 0.29) is 0 Å². The maximum Gasteiger partial charge on any atom is 0.00122 e. The van der Waals surface area contributed by atoms with E-state index in [0.717, 1.165) is 11.8 Å². The molecule has 1 aliphatic heterocycles. The Labute approximate surface area is 88.9 Å². The van der Waals surface area contributed by atoms with Crippen LogP contribution in [-0.4, -0.2) is 24.5 Å². The van der Waals surface area contributed by atoms with E-state index in [0.29, 0.717) is 0 Å². The molecule has 0 N–H and O–H groups in total. The van der Waals surface area contributed by atoms with Gasteiger partial charge < -0.3 is 4.90 Å². The van der Waals surface area contributed by atoms with Crippen LogP contribution in [-0.2, 0) is 0 Å². The standard InChI is InChI=1S/C13H25N/c1-12-7-3-4-8-13(12)11-14-9-5-2-6-10-14/h12-13H,2-11H2,1H3. The highest BCUT2D eigenvalue weighted by Crippen LogP contribution is 2.30. The maximum atomic E-state index is 2.72. The van der Waals surface area contributed by atoms with Crippen LogP contribution in [0.15, 0.2) is 0 Å². The van der Waals surface area contributed by atoms with Crippen LogP contribution in [0.3, 0.4) is 0 Å². The Bertz CT molecular complexity index is 161. The van der Waals surface area contributed by atoms with Crippen LogP contribution in [0.4, 0.5) is 0 Å². The minimum absolute atomic E-state index is 0.991. The first kappa shape index (κ1) is 10.5. The highest BCUT2D eigenvalue weighted by molar-refractivity contribution is 4.76. The molecule has 2 aliphatic rings. The van der Waals surface area contributed by atoms with Crippen molar-refractivity contribution >= 4 is 0 Å². The molecule has 14 heavy (non-hydrogen) atoms. The van der Waals surface area contributed by atoms with E-state index >= 15 is 0 Å². The SMILES string of the molecule is CC1CCCCC1CN1CCCCC1. The second-order valence-electron chi connectivity index (χ2n) is 5.38. The van der Waals surface area contributed by atoms with Gasteiger partial charge in [0.15, 0.2) is 0 Å². The average molecular weight is 195 g/mol.